The number of anilines is 2. The van der Waals surface area contributed by atoms with E-state index in [1.54, 1.807) is 24.3 Å². The normalized spacial score (nSPS) is 12.8. The third-order valence-corrected chi connectivity index (χ3v) is 4.68. The summed E-state index contributed by atoms with van der Waals surface area (Å²) >= 11 is 0. The number of benzene rings is 2. The van der Waals surface area contributed by atoms with E-state index in [2.05, 4.69) is 5.32 Å². The zero-order valence-electron chi connectivity index (χ0n) is 15.6. The van der Waals surface area contributed by atoms with Gasteiger partial charge in [-0.25, -0.2) is 4.79 Å². The molecule has 0 fully saturated rings. The molecule has 2 aromatic carbocycles. The van der Waals surface area contributed by atoms with Gasteiger partial charge < -0.3 is 20.1 Å². The predicted molar refractivity (Wildman–Crippen MR) is 104 cm³/mol. The standard InChI is InChI=1S/C21H24N2O4/c1-23(2)17-9-7-16(8-10-17)22-20(25)13-27-21(26)18-11-14-5-3-4-6-15(14)12-19(18)24/h7-12,24H,3-6,13H2,1-2H3,(H,22,25). The van der Waals surface area contributed by atoms with Crippen LogP contribution in [0.3, 0.4) is 0 Å². The molecule has 0 saturated heterocycles. The highest BCUT2D eigenvalue weighted by Gasteiger charge is 2.19. The van der Waals surface area contributed by atoms with Crippen LogP contribution in [0.1, 0.15) is 34.3 Å². The molecule has 142 valence electrons. The molecule has 2 aromatic rings. The first-order valence-corrected chi connectivity index (χ1v) is 9.03. The Morgan fingerprint density at radius 2 is 1.70 bits per heavy atom. The van der Waals surface area contributed by atoms with Gasteiger partial charge in [0.05, 0.1) is 0 Å². The Morgan fingerprint density at radius 1 is 1.07 bits per heavy atom. The number of fused-ring (bicyclic) bond motifs is 1. The Balaban J connectivity index is 1.58. The number of phenols is 1. The highest BCUT2D eigenvalue weighted by atomic mass is 16.5. The number of esters is 1. The van der Waals surface area contributed by atoms with Gasteiger partial charge in [0.25, 0.3) is 5.91 Å². The Bertz CT molecular complexity index is 844. The Labute approximate surface area is 158 Å². The van der Waals surface area contributed by atoms with Crippen LogP contribution in [-0.4, -0.2) is 37.7 Å². The van der Waals surface area contributed by atoms with E-state index in [1.165, 1.54) is 0 Å². The minimum atomic E-state index is -0.695. The first-order valence-electron chi connectivity index (χ1n) is 9.03. The average Bonchev–Trinajstić information content (AvgIpc) is 2.66. The highest BCUT2D eigenvalue weighted by molar-refractivity contribution is 5.97. The zero-order chi connectivity index (χ0) is 19.4. The number of amides is 1. The van der Waals surface area contributed by atoms with Crippen LogP contribution in [0.4, 0.5) is 11.4 Å². The lowest BCUT2D eigenvalue weighted by atomic mass is 9.90. The van der Waals surface area contributed by atoms with Gasteiger partial charge in [-0.1, -0.05) is 0 Å². The van der Waals surface area contributed by atoms with Crippen molar-refractivity contribution in [3.8, 4) is 5.75 Å². The molecule has 3 rings (SSSR count). The quantitative estimate of drug-likeness (QED) is 0.793. The van der Waals surface area contributed by atoms with Gasteiger partial charge in [-0.2, -0.15) is 0 Å². The van der Waals surface area contributed by atoms with Gasteiger partial charge in [0.1, 0.15) is 11.3 Å². The van der Waals surface area contributed by atoms with Crippen molar-refractivity contribution in [2.75, 3.05) is 30.9 Å². The molecule has 0 aliphatic heterocycles. The Morgan fingerprint density at radius 3 is 2.33 bits per heavy atom. The molecule has 1 aliphatic carbocycles. The second-order valence-corrected chi connectivity index (χ2v) is 6.91. The number of nitrogens with zero attached hydrogens (tertiary/aromatic N) is 1. The molecular formula is C21H24N2O4. The molecule has 0 radical (unpaired) electrons. The molecule has 6 heteroatoms. The molecule has 0 saturated carbocycles. The molecule has 0 bridgehead atoms. The number of carbonyl (C=O) groups is 2. The fourth-order valence-corrected chi connectivity index (χ4v) is 3.19. The van der Waals surface area contributed by atoms with Crippen LogP contribution in [0, 0.1) is 0 Å². The lowest BCUT2D eigenvalue weighted by Crippen LogP contribution is -2.21. The van der Waals surface area contributed by atoms with Crippen molar-refractivity contribution >= 4 is 23.3 Å². The Hall–Kier alpha value is -3.02. The maximum absolute atomic E-state index is 12.3. The van der Waals surface area contributed by atoms with Crippen LogP contribution >= 0.6 is 0 Å². The van der Waals surface area contributed by atoms with Crippen molar-refractivity contribution in [1.29, 1.82) is 0 Å². The van der Waals surface area contributed by atoms with Crippen molar-refractivity contribution in [3.63, 3.8) is 0 Å². The summed E-state index contributed by atoms with van der Waals surface area (Å²) in [6, 6.07) is 10.6. The van der Waals surface area contributed by atoms with Gasteiger partial charge in [-0.05, 0) is 73.2 Å². The zero-order valence-corrected chi connectivity index (χ0v) is 15.6. The Kier molecular flexibility index (Phi) is 5.64. The number of ether oxygens (including phenoxy) is 1. The third kappa shape index (κ3) is 4.58. The van der Waals surface area contributed by atoms with Crippen LogP contribution in [0.25, 0.3) is 0 Å². The van der Waals surface area contributed by atoms with Gasteiger partial charge in [-0.3, -0.25) is 4.79 Å². The van der Waals surface area contributed by atoms with E-state index in [4.69, 9.17) is 4.74 Å². The first-order chi connectivity index (χ1) is 12.9. The molecular weight excluding hydrogens is 344 g/mol. The smallest absolute Gasteiger partial charge is 0.342 e. The maximum Gasteiger partial charge on any atom is 0.342 e. The predicted octanol–water partition coefficient (Wildman–Crippen LogP) is 3.13. The molecule has 0 heterocycles. The number of carbonyl (C=O) groups excluding carboxylic acids is 2. The molecule has 0 aromatic heterocycles. The molecule has 0 atom stereocenters. The fourth-order valence-electron chi connectivity index (χ4n) is 3.19. The van der Waals surface area contributed by atoms with Gasteiger partial charge in [-0.15, -0.1) is 0 Å². The van der Waals surface area contributed by atoms with E-state index in [1.807, 2.05) is 31.1 Å². The van der Waals surface area contributed by atoms with Crippen LogP contribution in [0.2, 0.25) is 0 Å². The summed E-state index contributed by atoms with van der Waals surface area (Å²) < 4.78 is 5.08. The average molecular weight is 368 g/mol. The summed E-state index contributed by atoms with van der Waals surface area (Å²) in [5, 5.41) is 12.8. The number of phenolic OH excluding ortho intramolecular Hbond substituents is 1. The molecule has 6 nitrogen and oxygen atoms in total. The van der Waals surface area contributed by atoms with Gasteiger partial charge in [0, 0.05) is 25.5 Å². The summed E-state index contributed by atoms with van der Waals surface area (Å²) in [5.74, 6) is -1.22. The third-order valence-electron chi connectivity index (χ3n) is 4.68. The van der Waals surface area contributed by atoms with Crippen LogP contribution in [0.15, 0.2) is 36.4 Å². The molecule has 1 aliphatic rings. The summed E-state index contributed by atoms with van der Waals surface area (Å²) in [4.78, 5) is 26.2. The van der Waals surface area contributed by atoms with E-state index in [0.717, 1.165) is 42.5 Å². The van der Waals surface area contributed by atoms with Crippen LogP contribution in [-0.2, 0) is 22.4 Å². The monoisotopic (exact) mass is 368 g/mol. The van der Waals surface area contributed by atoms with E-state index < -0.39 is 18.5 Å². The second-order valence-electron chi connectivity index (χ2n) is 6.91. The highest BCUT2D eigenvalue weighted by Crippen LogP contribution is 2.29. The SMILES string of the molecule is CN(C)c1ccc(NC(=O)COC(=O)c2cc3c(cc2O)CCCC3)cc1. The van der Waals surface area contributed by atoms with Crippen molar-refractivity contribution in [2.24, 2.45) is 0 Å². The number of aryl methyl sites for hydroxylation is 2. The van der Waals surface area contributed by atoms with E-state index in [9.17, 15) is 14.7 Å². The fraction of sp³-hybridized carbons (Fsp3) is 0.333. The lowest BCUT2D eigenvalue weighted by molar-refractivity contribution is -0.119. The number of hydrogen-bond acceptors (Lipinski definition) is 5. The molecule has 2 N–H and O–H groups in total. The van der Waals surface area contributed by atoms with Crippen LogP contribution < -0.4 is 10.2 Å². The van der Waals surface area contributed by atoms with Crippen molar-refractivity contribution in [2.45, 2.75) is 25.7 Å². The second kappa shape index (κ2) is 8.12. The largest absolute Gasteiger partial charge is 0.507 e. The molecule has 1 amide bonds. The minimum Gasteiger partial charge on any atom is -0.507 e. The van der Waals surface area contributed by atoms with E-state index >= 15 is 0 Å². The van der Waals surface area contributed by atoms with Gasteiger partial charge >= 0.3 is 5.97 Å². The molecule has 0 spiro atoms. The summed E-state index contributed by atoms with van der Waals surface area (Å²) in [6.07, 6.45) is 3.96. The van der Waals surface area contributed by atoms with Crippen molar-refractivity contribution in [1.82, 2.24) is 0 Å². The number of aromatic hydroxyl groups is 1. The van der Waals surface area contributed by atoms with Crippen molar-refractivity contribution in [3.05, 3.63) is 53.1 Å². The lowest BCUT2D eigenvalue weighted by Gasteiger charge is -2.17. The number of nitrogens with one attached hydrogen (secondary N) is 1. The topological polar surface area (TPSA) is 78.9 Å². The summed E-state index contributed by atoms with van der Waals surface area (Å²) in [6.45, 7) is -0.412. The van der Waals surface area contributed by atoms with E-state index in [-0.39, 0.29) is 11.3 Å². The van der Waals surface area contributed by atoms with Crippen molar-refractivity contribution < 1.29 is 19.4 Å². The van der Waals surface area contributed by atoms with Crippen LogP contribution in [0.5, 0.6) is 5.75 Å². The number of hydrogen-bond donors (Lipinski definition) is 2. The van der Waals surface area contributed by atoms with E-state index in [0.29, 0.717) is 5.69 Å². The van der Waals surface area contributed by atoms with Gasteiger partial charge in [0.2, 0.25) is 0 Å². The summed E-state index contributed by atoms with van der Waals surface area (Å²) in [5.41, 5.74) is 3.89. The number of rotatable bonds is 5. The maximum atomic E-state index is 12.3. The first kappa shape index (κ1) is 18.8. The summed E-state index contributed by atoms with van der Waals surface area (Å²) in [7, 11) is 3.87. The molecule has 27 heavy (non-hydrogen) atoms. The molecule has 0 unspecified atom stereocenters. The van der Waals surface area contributed by atoms with Gasteiger partial charge in [0.15, 0.2) is 6.61 Å². The minimum absolute atomic E-state index is 0.0969.